The number of allylic oxidation sites excluding steroid dienone is 3. The number of aliphatic hydroxyl groups excluding tert-OH is 1. The van der Waals surface area contributed by atoms with E-state index in [4.69, 9.17) is 0 Å². The van der Waals surface area contributed by atoms with Crippen LogP contribution in [0.4, 0.5) is 0 Å². The van der Waals surface area contributed by atoms with Gasteiger partial charge in [0.05, 0.1) is 6.10 Å². The minimum absolute atomic E-state index is 0.0891. The highest BCUT2D eigenvalue weighted by molar-refractivity contribution is 5.25. The second-order valence-corrected chi connectivity index (χ2v) is 13.2. The molecule has 0 aromatic carbocycles. The summed E-state index contributed by atoms with van der Waals surface area (Å²) in [5.74, 6) is 6.33. The van der Waals surface area contributed by atoms with Crippen molar-refractivity contribution in [2.75, 3.05) is 0 Å². The minimum Gasteiger partial charge on any atom is -0.393 e. The lowest BCUT2D eigenvalue weighted by atomic mass is 9.47. The second-order valence-electron chi connectivity index (χ2n) is 13.2. The molecule has 176 valence electrons. The molecule has 0 aliphatic heterocycles. The van der Waals surface area contributed by atoms with E-state index in [1.54, 1.807) is 5.57 Å². The van der Waals surface area contributed by atoms with E-state index in [1.807, 2.05) is 0 Å². The van der Waals surface area contributed by atoms with E-state index in [9.17, 15) is 5.11 Å². The molecule has 0 bridgehead atoms. The first-order valence-electron chi connectivity index (χ1n) is 13.6. The van der Waals surface area contributed by atoms with Crippen LogP contribution in [-0.4, -0.2) is 11.2 Å². The number of fused-ring (bicyclic) bond motifs is 5. The number of aliphatic hydroxyl groups is 1. The molecule has 0 heterocycles. The maximum atomic E-state index is 10.3. The van der Waals surface area contributed by atoms with Crippen molar-refractivity contribution in [2.24, 2.45) is 58.2 Å². The Balaban J connectivity index is 1.52. The van der Waals surface area contributed by atoms with Crippen LogP contribution >= 0.6 is 0 Å². The topological polar surface area (TPSA) is 20.2 Å². The highest BCUT2D eigenvalue weighted by atomic mass is 16.3. The maximum absolute atomic E-state index is 10.3. The molecule has 0 spiro atoms. The van der Waals surface area contributed by atoms with Crippen molar-refractivity contribution in [3.63, 3.8) is 0 Å². The molecule has 3 saturated carbocycles. The molecule has 0 aromatic rings. The Morgan fingerprint density at radius 2 is 1.61 bits per heavy atom. The first kappa shape index (κ1) is 23.6. The van der Waals surface area contributed by atoms with Gasteiger partial charge in [-0.05, 0) is 110 Å². The van der Waals surface area contributed by atoms with Crippen molar-refractivity contribution in [3.8, 4) is 0 Å². The van der Waals surface area contributed by atoms with Crippen molar-refractivity contribution in [3.05, 3.63) is 23.8 Å². The van der Waals surface area contributed by atoms with Gasteiger partial charge in [0.2, 0.25) is 0 Å². The van der Waals surface area contributed by atoms with Gasteiger partial charge in [-0.1, -0.05) is 72.3 Å². The average Bonchev–Trinajstić information content (AvgIpc) is 3.05. The van der Waals surface area contributed by atoms with Crippen LogP contribution in [0.25, 0.3) is 0 Å². The summed E-state index contributed by atoms with van der Waals surface area (Å²) in [6.45, 7) is 17.3. The normalized spacial score (nSPS) is 43.8. The predicted molar refractivity (Wildman–Crippen MR) is 133 cm³/mol. The zero-order valence-corrected chi connectivity index (χ0v) is 21.5. The lowest BCUT2D eigenvalue weighted by molar-refractivity contribution is -0.0540. The summed E-state index contributed by atoms with van der Waals surface area (Å²) in [5.41, 5.74) is 2.50. The Labute approximate surface area is 193 Å². The van der Waals surface area contributed by atoms with E-state index in [1.165, 1.54) is 38.5 Å². The molecule has 0 saturated heterocycles. The largest absolute Gasteiger partial charge is 0.393 e. The van der Waals surface area contributed by atoms with Crippen LogP contribution in [0.1, 0.15) is 99.8 Å². The van der Waals surface area contributed by atoms with Crippen molar-refractivity contribution < 1.29 is 5.11 Å². The summed E-state index contributed by atoms with van der Waals surface area (Å²) in [7, 11) is 0. The first-order chi connectivity index (χ1) is 14.6. The third-order valence-electron chi connectivity index (χ3n) is 11.0. The third-order valence-corrected chi connectivity index (χ3v) is 11.0. The summed E-state index contributed by atoms with van der Waals surface area (Å²) in [5, 5.41) is 10.3. The lowest BCUT2D eigenvalue weighted by Crippen LogP contribution is -2.50. The standard InChI is InChI=1S/C30H50O/c1-19(2)24(20(3)4)10-8-21(5)26-12-13-27-25-11-9-22-18-23(31)14-16-29(22,6)28(25)15-17-30(26,27)7/h8-10,19-21,23-28,31H,11-18H2,1-7H3/b10-8+/t21-,23+,25+,26+,27+,28+,29+,30-/m1/s1. The van der Waals surface area contributed by atoms with Crippen molar-refractivity contribution >= 4 is 0 Å². The summed E-state index contributed by atoms with van der Waals surface area (Å²) in [6.07, 6.45) is 17.8. The van der Waals surface area contributed by atoms with Crippen LogP contribution in [0.3, 0.4) is 0 Å². The van der Waals surface area contributed by atoms with Crippen LogP contribution in [-0.2, 0) is 0 Å². The van der Waals surface area contributed by atoms with Gasteiger partial charge in [0, 0.05) is 0 Å². The Bertz CT molecular complexity index is 693. The molecule has 8 atom stereocenters. The molecule has 0 amide bonds. The van der Waals surface area contributed by atoms with Crippen molar-refractivity contribution in [1.29, 1.82) is 0 Å². The number of rotatable bonds is 5. The Morgan fingerprint density at radius 1 is 0.903 bits per heavy atom. The molecule has 4 rings (SSSR count). The van der Waals surface area contributed by atoms with Crippen molar-refractivity contribution in [1.82, 2.24) is 0 Å². The fourth-order valence-corrected chi connectivity index (χ4v) is 9.20. The van der Waals surface area contributed by atoms with Crippen LogP contribution in [0.15, 0.2) is 23.8 Å². The molecule has 31 heavy (non-hydrogen) atoms. The molecule has 1 nitrogen and oxygen atoms in total. The first-order valence-corrected chi connectivity index (χ1v) is 13.6. The summed E-state index contributed by atoms with van der Waals surface area (Å²) in [6, 6.07) is 0. The van der Waals surface area contributed by atoms with Gasteiger partial charge < -0.3 is 5.11 Å². The molecule has 1 heteroatoms. The highest BCUT2D eigenvalue weighted by Crippen LogP contribution is 2.67. The summed E-state index contributed by atoms with van der Waals surface area (Å²) < 4.78 is 0. The van der Waals surface area contributed by atoms with Crippen LogP contribution in [0, 0.1) is 58.2 Å². The average molecular weight is 427 g/mol. The Morgan fingerprint density at radius 3 is 2.29 bits per heavy atom. The smallest absolute Gasteiger partial charge is 0.0577 e. The number of hydrogen-bond acceptors (Lipinski definition) is 1. The van der Waals surface area contributed by atoms with Gasteiger partial charge in [-0.2, -0.15) is 0 Å². The zero-order chi connectivity index (χ0) is 22.6. The van der Waals surface area contributed by atoms with Gasteiger partial charge in [0.25, 0.3) is 0 Å². The van der Waals surface area contributed by atoms with Gasteiger partial charge >= 0.3 is 0 Å². The van der Waals surface area contributed by atoms with E-state index in [2.05, 4.69) is 66.7 Å². The van der Waals surface area contributed by atoms with Gasteiger partial charge in [-0.3, -0.25) is 0 Å². The fourth-order valence-electron chi connectivity index (χ4n) is 9.20. The van der Waals surface area contributed by atoms with Gasteiger partial charge in [0.15, 0.2) is 0 Å². The molecule has 4 aliphatic carbocycles. The minimum atomic E-state index is -0.0891. The SMILES string of the molecule is CC(C)C(/C=C/[C@@H](C)[C@@H]1CC[C@H]2[C@@H]3CC=C4C[C@@H](O)CC[C@]4(C)[C@H]3CC[C@@]21C)C(C)C. The Kier molecular flexibility index (Phi) is 6.59. The van der Waals surface area contributed by atoms with E-state index in [-0.39, 0.29) is 6.10 Å². The Hall–Kier alpha value is -0.560. The maximum Gasteiger partial charge on any atom is 0.0577 e. The quantitative estimate of drug-likeness (QED) is 0.441. The molecule has 0 aromatic heterocycles. The number of hydrogen-bond donors (Lipinski definition) is 1. The van der Waals surface area contributed by atoms with Gasteiger partial charge in [-0.15, -0.1) is 0 Å². The van der Waals surface area contributed by atoms with Crippen LogP contribution < -0.4 is 0 Å². The van der Waals surface area contributed by atoms with E-state index in [0.29, 0.717) is 22.7 Å². The summed E-state index contributed by atoms with van der Waals surface area (Å²) in [4.78, 5) is 0. The molecule has 0 unspecified atom stereocenters. The van der Waals surface area contributed by atoms with Gasteiger partial charge in [-0.25, -0.2) is 0 Å². The molecular weight excluding hydrogens is 376 g/mol. The predicted octanol–water partition coefficient (Wildman–Crippen LogP) is 8.05. The molecule has 0 radical (unpaired) electrons. The fraction of sp³-hybridized carbons (Fsp3) is 0.867. The molecule has 4 aliphatic rings. The lowest BCUT2D eigenvalue weighted by Gasteiger charge is -2.58. The second kappa shape index (κ2) is 8.66. The molecule has 3 fully saturated rings. The third kappa shape index (κ3) is 4.00. The van der Waals surface area contributed by atoms with E-state index in [0.717, 1.165) is 48.3 Å². The monoisotopic (exact) mass is 426 g/mol. The summed E-state index contributed by atoms with van der Waals surface area (Å²) >= 11 is 0. The zero-order valence-electron chi connectivity index (χ0n) is 21.5. The molecule has 1 N–H and O–H groups in total. The van der Waals surface area contributed by atoms with E-state index < -0.39 is 0 Å². The molecular formula is C30H50O. The van der Waals surface area contributed by atoms with E-state index >= 15 is 0 Å². The van der Waals surface area contributed by atoms with Gasteiger partial charge in [0.1, 0.15) is 0 Å². The van der Waals surface area contributed by atoms with Crippen molar-refractivity contribution in [2.45, 2.75) is 106 Å². The van der Waals surface area contributed by atoms with Crippen LogP contribution in [0.2, 0.25) is 0 Å². The van der Waals surface area contributed by atoms with Crippen LogP contribution in [0.5, 0.6) is 0 Å². The highest BCUT2D eigenvalue weighted by Gasteiger charge is 2.58.